The predicted molar refractivity (Wildman–Crippen MR) is 81.4 cm³/mol. The average Bonchev–Trinajstić information content (AvgIpc) is 3.26. The molecule has 0 N–H and O–H groups in total. The van der Waals surface area contributed by atoms with Crippen LogP contribution in [0.1, 0.15) is 19.3 Å². The fourth-order valence-electron chi connectivity index (χ4n) is 5.38. The summed E-state index contributed by atoms with van der Waals surface area (Å²) in [6.45, 7) is 0. The Labute approximate surface area is 131 Å². The first-order valence-electron chi connectivity index (χ1n) is 7.80. The van der Waals surface area contributed by atoms with E-state index in [-0.39, 0.29) is 23.7 Å². The second-order valence-corrected chi connectivity index (χ2v) is 7.92. The molecule has 5 aliphatic rings. The lowest BCUT2D eigenvalue weighted by Gasteiger charge is -2.42. The Balaban J connectivity index is 1.57. The molecule has 1 aliphatic heterocycles. The summed E-state index contributed by atoms with van der Waals surface area (Å²) in [6, 6.07) is 7.51. The molecule has 6 atom stereocenters. The fourth-order valence-corrected chi connectivity index (χ4v) is 5.65. The van der Waals surface area contributed by atoms with E-state index in [1.165, 1.54) is 11.3 Å². The topological polar surface area (TPSA) is 37.4 Å². The normalized spacial score (nSPS) is 43.0. The van der Waals surface area contributed by atoms with Crippen LogP contribution in [0.25, 0.3) is 0 Å². The number of fused-ring (bicyclic) bond motifs is 1. The Hall–Kier alpha value is -1.16. The number of amides is 2. The van der Waals surface area contributed by atoms with Crippen molar-refractivity contribution in [1.29, 1.82) is 0 Å². The van der Waals surface area contributed by atoms with Gasteiger partial charge in [-0.1, -0.05) is 15.9 Å². The molecule has 1 aromatic carbocycles. The molecule has 1 heterocycles. The molecule has 0 spiro atoms. The minimum atomic E-state index is -0.0244. The summed E-state index contributed by atoms with van der Waals surface area (Å²) in [5, 5.41) is 0. The predicted octanol–water partition coefficient (Wildman–Crippen LogP) is 3.23. The molecule has 0 aromatic heterocycles. The number of benzene rings is 1. The summed E-state index contributed by atoms with van der Waals surface area (Å²) in [7, 11) is 0. The Kier molecular flexibility index (Phi) is 2.35. The lowest BCUT2D eigenvalue weighted by Crippen LogP contribution is -2.43. The van der Waals surface area contributed by atoms with Crippen molar-refractivity contribution in [3.63, 3.8) is 0 Å². The van der Waals surface area contributed by atoms with Crippen molar-refractivity contribution in [2.24, 2.45) is 35.5 Å². The Bertz CT molecular complexity index is 621. The Morgan fingerprint density at radius 1 is 0.857 bits per heavy atom. The van der Waals surface area contributed by atoms with Gasteiger partial charge in [0.05, 0.1) is 17.5 Å². The summed E-state index contributed by atoms with van der Waals surface area (Å²) < 4.78 is 0.962. The highest BCUT2D eigenvalue weighted by atomic mass is 79.9. The monoisotopic (exact) mass is 345 g/mol. The average molecular weight is 346 g/mol. The van der Waals surface area contributed by atoms with Crippen LogP contribution >= 0.6 is 15.9 Å². The fraction of sp³-hybridized carbons (Fsp3) is 0.529. The maximum Gasteiger partial charge on any atom is 0.237 e. The first-order chi connectivity index (χ1) is 10.2. The van der Waals surface area contributed by atoms with Gasteiger partial charge in [-0.2, -0.15) is 0 Å². The number of hydrogen-bond acceptors (Lipinski definition) is 2. The molecule has 4 aliphatic carbocycles. The van der Waals surface area contributed by atoms with Crippen LogP contribution in [0.5, 0.6) is 0 Å². The van der Waals surface area contributed by atoms with Crippen LogP contribution in [0.2, 0.25) is 0 Å². The number of hydrogen-bond donors (Lipinski definition) is 0. The number of carbonyl (C=O) groups excluding carboxylic acids is 2. The van der Waals surface area contributed by atoms with Gasteiger partial charge in [0.25, 0.3) is 0 Å². The zero-order valence-electron chi connectivity index (χ0n) is 11.5. The second-order valence-electron chi connectivity index (χ2n) is 7.01. The van der Waals surface area contributed by atoms with E-state index < -0.39 is 0 Å². The van der Waals surface area contributed by atoms with Crippen molar-refractivity contribution in [3.8, 4) is 0 Å². The Morgan fingerprint density at radius 3 is 1.90 bits per heavy atom. The minimum absolute atomic E-state index is 0.0244. The molecule has 2 bridgehead atoms. The van der Waals surface area contributed by atoms with Crippen molar-refractivity contribution < 1.29 is 9.59 Å². The van der Waals surface area contributed by atoms with Crippen LogP contribution < -0.4 is 4.90 Å². The summed E-state index contributed by atoms with van der Waals surface area (Å²) in [5.74, 6) is 2.51. The quantitative estimate of drug-likeness (QED) is 0.732. The van der Waals surface area contributed by atoms with Gasteiger partial charge in [0.2, 0.25) is 11.8 Å². The van der Waals surface area contributed by atoms with E-state index in [9.17, 15) is 9.59 Å². The largest absolute Gasteiger partial charge is 0.274 e. The van der Waals surface area contributed by atoms with E-state index in [0.717, 1.165) is 34.8 Å². The lowest BCUT2D eigenvalue weighted by atomic mass is 9.59. The highest BCUT2D eigenvalue weighted by Crippen LogP contribution is 2.68. The molecule has 6 rings (SSSR count). The SMILES string of the molecule is O=C1C2C3CCC(C4CC43)C2C(=O)N1c1ccc(Br)cc1. The van der Waals surface area contributed by atoms with Gasteiger partial charge in [0.15, 0.2) is 0 Å². The van der Waals surface area contributed by atoms with Gasteiger partial charge in [-0.15, -0.1) is 0 Å². The minimum Gasteiger partial charge on any atom is -0.274 e. The highest BCUT2D eigenvalue weighted by Gasteiger charge is 2.68. The molecule has 5 fully saturated rings. The molecule has 108 valence electrons. The molecule has 0 radical (unpaired) electrons. The van der Waals surface area contributed by atoms with E-state index >= 15 is 0 Å². The number of imide groups is 1. The van der Waals surface area contributed by atoms with Gasteiger partial charge in [-0.3, -0.25) is 14.5 Å². The summed E-state index contributed by atoms with van der Waals surface area (Å²) in [6.07, 6.45) is 3.57. The molecule has 2 amide bonds. The molecule has 21 heavy (non-hydrogen) atoms. The Morgan fingerprint density at radius 2 is 1.38 bits per heavy atom. The molecule has 4 saturated carbocycles. The number of nitrogens with zero attached hydrogens (tertiary/aromatic N) is 1. The van der Waals surface area contributed by atoms with Gasteiger partial charge in [-0.25, -0.2) is 0 Å². The van der Waals surface area contributed by atoms with Crippen molar-refractivity contribution >= 4 is 33.4 Å². The zero-order chi connectivity index (χ0) is 14.3. The summed E-state index contributed by atoms with van der Waals surface area (Å²) in [5.41, 5.74) is 0.732. The third-order valence-electron chi connectivity index (χ3n) is 6.23. The molecule has 1 saturated heterocycles. The van der Waals surface area contributed by atoms with Crippen molar-refractivity contribution in [3.05, 3.63) is 28.7 Å². The van der Waals surface area contributed by atoms with Gasteiger partial charge in [0.1, 0.15) is 0 Å². The smallest absolute Gasteiger partial charge is 0.237 e. The molecule has 3 nitrogen and oxygen atoms in total. The number of rotatable bonds is 1. The first kappa shape index (κ1) is 12.4. The van der Waals surface area contributed by atoms with E-state index in [1.807, 2.05) is 24.3 Å². The first-order valence-corrected chi connectivity index (χ1v) is 8.59. The van der Waals surface area contributed by atoms with Crippen LogP contribution in [-0.2, 0) is 9.59 Å². The van der Waals surface area contributed by atoms with E-state index in [0.29, 0.717) is 11.8 Å². The van der Waals surface area contributed by atoms with Gasteiger partial charge < -0.3 is 0 Å². The highest BCUT2D eigenvalue weighted by molar-refractivity contribution is 9.10. The van der Waals surface area contributed by atoms with Crippen LogP contribution in [0.3, 0.4) is 0 Å². The van der Waals surface area contributed by atoms with Crippen LogP contribution in [0, 0.1) is 35.5 Å². The van der Waals surface area contributed by atoms with Gasteiger partial charge in [0, 0.05) is 4.47 Å². The zero-order valence-corrected chi connectivity index (χ0v) is 13.1. The third-order valence-corrected chi connectivity index (χ3v) is 6.76. The maximum atomic E-state index is 12.9. The van der Waals surface area contributed by atoms with Gasteiger partial charge >= 0.3 is 0 Å². The van der Waals surface area contributed by atoms with E-state index in [2.05, 4.69) is 15.9 Å². The molecule has 1 aromatic rings. The number of halogens is 1. The molecule has 4 heteroatoms. The maximum absolute atomic E-state index is 12.9. The van der Waals surface area contributed by atoms with Crippen molar-refractivity contribution in [2.75, 3.05) is 4.90 Å². The van der Waals surface area contributed by atoms with Crippen molar-refractivity contribution in [1.82, 2.24) is 0 Å². The van der Waals surface area contributed by atoms with Crippen molar-refractivity contribution in [2.45, 2.75) is 19.3 Å². The summed E-state index contributed by atoms with van der Waals surface area (Å²) >= 11 is 3.40. The standard InChI is InChI=1S/C17H16BrNO2/c18-8-1-3-9(4-2-8)19-16(20)14-10-5-6-11(13-7-12(10)13)15(14)17(19)21/h1-4,10-15H,5-7H2. The van der Waals surface area contributed by atoms with E-state index in [1.54, 1.807) is 0 Å². The third kappa shape index (κ3) is 1.49. The van der Waals surface area contributed by atoms with Gasteiger partial charge in [-0.05, 0) is 67.2 Å². The van der Waals surface area contributed by atoms with Crippen LogP contribution in [0.4, 0.5) is 5.69 Å². The molecule has 6 unspecified atom stereocenters. The van der Waals surface area contributed by atoms with Crippen LogP contribution in [-0.4, -0.2) is 11.8 Å². The number of anilines is 1. The molecular formula is C17H16BrNO2. The van der Waals surface area contributed by atoms with Crippen LogP contribution in [0.15, 0.2) is 28.7 Å². The number of carbonyl (C=O) groups is 2. The van der Waals surface area contributed by atoms with E-state index in [4.69, 9.17) is 0 Å². The second kappa shape index (κ2) is 3.97. The molecular weight excluding hydrogens is 330 g/mol. The lowest BCUT2D eigenvalue weighted by molar-refractivity contribution is -0.129. The summed E-state index contributed by atoms with van der Waals surface area (Å²) in [4.78, 5) is 27.2.